The molecular weight excluding hydrogens is 439 g/mol. The molecule has 0 aliphatic carbocycles. The molecule has 4 aromatic rings. The van der Waals surface area contributed by atoms with Gasteiger partial charge in [0.25, 0.3) is 5.91 Å². The van der Waals surface area contributed by atoms with E-state index in [-0.39, 0.29) is 11.7 Å². The van der Waals surface area contributed by atoms with Crippen LogP contribution in [0.3, 0.4) is 0 Å². The van der Waals surface area contributed by atoms with Crippen molar-refractivity contribution in [3.05, 3.63) is 126 Å². The Morgan fingerprint density at radius 2 is 1.18 bits per heavy atom. The minimum Gasteiger partial charge on any atom is -0.406 e. The lowest BCUT2D eigenvalue weighted by Gasteiger charge is -2.24. The summed E-state index contributed by atoms with van der Waals surface area (Å²) in [5.41, 5.74) is 3.73. The van der Waals surface area contributed by atoms with Crippen molar-refractivity contribution in [3.8, 4) is 16.9 Å². The van der Waals surface area contributed by atoms with Gasteiger partial charge in [0.05, 0.1) is 0 Å². The van der Waals surface area contributed by atoms with Gasteiger partial charge in [-0.25, -0.2) is 0 Å². The number of rotatable bonds is 7. The fourth-order valence-corrected chi connectivity index (χ4v) is 3.73. The zero-order chi connectivity index (χ0) is 24.0. The molecule has 0 saturated carbocycles. The number of halogens is 3. The summed E-state index contributed by atoms with van der Waals surface area (Å²) in [4.78, 5) is 15.5. The second-order valence-electron chi connectivity index (χ2n) is 7.75. The molecule has 6 heteroatoms. The van der Waals surface area contributed by atoms with Gasteiger partial charge in [-0.1, -0.05) is 91.0 Å². The molecule has 0 saturated heterocycles. The average Bonchev–Trinajstić information content (AvgIpc) is 2.84. The minimum absolute atomic E-state index is 0.168. The largest absolute Gasteiger partial charge is 0.573 e. The standard InChI is InChI=1S/C28H22F3NO2/c29-28(30,31)34-24-17-15-23(16-18-24)25-13-7-8-14-26(25)27(33)32(19-21-9-3-1-4-10-21)20-22-11-5-2-6-12-22/h1-18H,19-20H2. The first kappa shape index (κ1) is 23.1. The summed E-state index contributed by atoms with van der Waals surface area (Å²) in [5.74, 6) is -0.478. The van der Waals surface area contributed by atoms with E-state index in [1.54, 1.807) is 29.2 Å². The lowest BCUT2D eigenvalue weighted by Crippen LogP contribution is -2.30. The summed E-state index contributed by atoms with van der Waals surface area (Å²) in [6.07, 6.45) is -4.76. The molecule has 0 spiro atoms. The molecule has 0 aromatic heterocycles. The molecule has 34 heavy (non-hydrogen) atoms. The molecule has 0 fully saturated rings. The van der Waals surface area contributed by atoms with Crippen LogP contribution in [0.2, 0.25) is 0 Å². The van der Waals surface area contributed by atoms with Crippen LogP contribution < -0.4 is 4.74 Å². The van der Waals surface area contributed by atoms with Gasteiger partial charge in [0.15, 0.2) is 0 Å². The van der Waals surface area contributed by atoms with E-state index in [0.29, 0.717) is 29.8 Å². The molecule has 0 atom stereocenters. The highest BCUT2D eigenvalue weighted by molar-refractivity contribution is 6.00. The van der Waals surface area contributed by atoms with Crippen LogP contribution >= 0.6 is 0 Å². The zero-order valence-electron chi connectivity index (χ0n) is 18.2. The second-order valence-corrected chi connectivity index (χ2v) is 7.75. The molecular formula is C28H22F3NO2. The smallest absolute Gasteiger partial charge is 0.406 e. The van der Waals surface area contributed by atoms with Gasteiger partial charge in [-0.2, -0.15) is 0 Å². The van der Waals surface area contributed by atoms with E-state index in [9.17, 15) is 18.0 Å². The van der Waals surface area contributed by atoms with Crippen molar-refractivity contribution in [2.75, 3.05) is 0 Å². The predicted octanol–water partition coefficient (Wildman–Crippen LogP) is 7.09. The highest BCUT2D eigenvalue weighted by atomic mass is 19.4. The number of alkyl halides is 3. The predicted molar refractivity (Wildman–Crippen MR) is 125 cm³/mol. The van der Waals surface area contributed by atoms with Crippen molar-refractivity contribution in [1.29, 1.82) is 0 Å². The fourth-order valence-electron chi connectivity index (χ4n) is 3.73. The highest BCUT2D eigenvalue weighted by Crippen LogP contribution is 2.29. The van der Waals surface area contributed by atoms with Crippen molar-refractivity contribution in [2.45, 2.75) is 19.5 Å². The van der Waals surface area contributed by atoms with E-state index in [1.165, 1.54) is 24.3 Å². The lowest BCUT2D eigenvalue weighted by atomic mass is 9.98. The van der Waals surface area contributed by atoms with Crippen LogP contribution in [0, 0.1) is 0 Å². The topological polar surface area (TPSA) is 29.5 Å². The number of amides is 1. The number of ether oxygens (including phenoxy) is 1. The zero-order valence-corrected chi connectivity index (χ0v) is 18.2. The molecule has 3 nitrogen and oxygen atoms in total. The highest BCUT2D eigenvalue weighted by Gasteiger charge is 2.31. The van der Waals surface area contributed by atoms with Crippen LogP contribution in [-0.4, -0.2) is 17.2 Å². The first-order valence-corrected chi connectivity index (χ1v) is 10.7. The Labute approximate surface area is 196 Å². The molecule has 0 radical (unpaired) electrons. The maximum absolute atomic E-state index is 13.8. The normalized spacial score (nSPS) is 11.1. The third-order valence-corrected chi connectivity index (χ3v) is 5.28. The Balaban J connectivity index is 1.65. The SMILES string of the molecule is O=C(c1ccccc1-c1ccc(OC(F)(F)F)cc1)N(Cc1ccccc1)Cc1ccccc1. The Morgan fingerprint density at radius 3 is 1.71 bits per heavy atom. The summed E-state index contributed by atoms with van der Waals surface area (Å²) in [7, 11) is 0. The number of carbonyl (C=O) groups excluding carboxylic acids is 1. The minimum atomic E-state index is -4.76. The summed E-state index contributed by atoms with van der Waals surface area (Å²) < 4.78 is 41.5. The summed E-state index contributed by atoms with van der Waals surface area (Å²) >= 11 is 0. The van der Waals surface area contributed by atoms with Crippen molar-refractivity contribution in [1.82, 2.24) is 4.90 Å². The molecule has 0 heterocycles. The second kappa shape index (κ2) is 10.3. The van der Waals surface area contributed by atoms with Crippen LogP contribution in [0.15, 0.2) is 109 Å². The molecule has 0 N–H and O–H groups in total. The quantitative estimate of drug-likeness (QED) is 0.294. The van der Waals surface area contributed by atoms with E-state index < -0.39 is 6.36 Å². The number of benzene rings is 4. The van der Waals surface area contributed by atoms with Gasteiger partial charge in [-0.05, 0) is 40.5 Å². The van der Waals surface area contributed by atoms with Crippen LogP contribution in [0.1, 0.15) is 21.5 Å². The summed E-state index contributed by atoms with van der Waals surface area (Å²) in [6, 6.07) is 32.1. The van der Waals surface area contributed by atoms with Crippen molar-refractivity contribution < 1.29 is 22.7 Å². The lowest BCUT2D eigenvalue weighted by molar-refractivity contribution is -0.274. The van der Waals surface area contributed by atoms with E-state index in [2.05, 4.69) is 4.74 Å². The van der Waals surface area contributed by atoms with Gasteiger partial charge >= 0.3 is 6.36 Å². The van der Waals surface area contributed by atoms with E-state index in [1.807, 2.05) is 60.7 Å². The fraction of sp³-hybridized carbons (Fsp3) is 0.107. The van der Waals surface area contributed by atoms with Crippen LogP contribution in [0.4, 0.5) is 13.2 Å². The van der Waals surface area contributed by atoms with Crippen molar-refractivity contribution >= 4 is 5.91 Å². The number of nitrogens with zero attached hydrogens (tertiary/aromatic N) is 1. The molecule has 0 unspecified atom stereocenters. The molecule has 0 aliphatic heterocycles. The number of hydrogen-bond acceptors (Lipinski definition) is 2. The van der Waals surface area contributed by atoms with Gasteiger partial charge < -0.3 is 9.64 Å². The summed E-state index contributed by atoms with van der Waals surface area (Å²) in [6.45, 7) is 0.836. The number of hydrogen-bond donors (Lipinski definition) is 0. The first-order valence-electron chi connectivity index (χ1n) is 10.7. The van der Waals surface area contributed by atoms with E-state index in [0.717, 1.165) is 11.1 Å². The average molecular weight is 461 g/mol. The molecule has 4 rings (SSSR count). The van der Waals surface area contributed by atoms with E-state index >= 15 is 0 Å². The molecule has 4 aromatic carbocycles. The Hall–Kier alpha value is -4.06. The van der Waals surface area contributed by atoms with Gasteiger partial charge in [0.2, 0.25) is 0 Å². The molecule has 0 aliphatic rings. The van der Waals surface area contributed by atoms with Crippen LogP contribution in [0.5, 0.6) is 5.75 Å². The van der Waals surface area contributed by atoms with Gasteiger partial charge in [0, 0.05) is 18.7 Å². The maximum atomic E-state index is 13.8. The third-order valence-electron chi connectivity index (χ3n) is 5.28. The van der Waals surface area contributed by atoms with Crippen molar-refractivity contribution in [3.63, 3.8) is 0 Å². The van der Waals surface area contributed by atoms with Gasteiger partial charge in [0.1, 0.15) is 5.75 Å². The molecule has 1 amide bonds. The van der Waals surface area contributed by atoms with E-state index in [4.69, 9.17) is 0 Å². The van der Waals surface area contributed by atoms with Gasteiger partial charge in [-0.3, -0.25) is 4.79 Å². The number of carbonyl (C=O) groups is 1. The third kappa shape index (κ3) is 6.04. The van der Waals surface area contributed by atoms with Crippen LogP contribution in [0.25, 0.3) is 11.1 Å². The Morgan fingerprint density at radius 1 is 0.676 bits per heavy atom. The van der Waals surface area contributed by atoms with Crippen molar-refractivity contribution in [2.24, 2.45) is 0 Å². The Bertz CT molecular complexity index is 1180. The first-order chi connectivity index (χ1) is 16.4. The summed E-state index contributed by atoms with van der Waals surface area (Å²) in [5, 5.41) is 0. The maximum Gasteiger partial charge on any atom is 0.573 e. The molecule has 0 bridgehead atoms. The molecule has 172 valence electrons. The van der Waals surface area contributed by atoms with Gasteiger partial charge in [-0.15, -0.1) is 13.2 Å². The van der Waals surface area contributed by atoms with Crippen LogP contribution in [-0.2, 0) is 13.1 Å². The Kier molecular flexibility index (Phi) is 6.97. The monoisotopic (exact) mass is 461 g/mol.